The first kappa shape index (κ1) is 17.6. The lowest BCUT2D eigenvalue weighted by Crippen LogP contribution is -2.31. The van der Waals surface area contributed by atoms with Crippen LogP contribution in [0.15, 0.2) is 23.1 Å². The van der Waals surface area contributed by atoms with E-state index in [9.17, 15) is 13.2 Å². The SMILES string of the molecule is Cc1c(C(=O)O)cccc1S(=O)(=O)N(C)CCOC(C)C. The van der Waals surface area contributed by atoms with Crippen LogP contribution in [0.4, 0.5) is 0 Å². The molecule has 1 rings (SSSR count). The summed E-state index contributed by atoms with van der Waals surface area (Å²) in [5.41, 5.74) is 0.226. The summed E-state index contributed by atoms with van der Waals surface area (Å²) in [4.78, 5) is 11.1. The lowest BCUT2D eigenvalue weighted by Gasteiger charge is -2.19. The predicted octanol–water partition coefficient (Wildman–Crippen LogP) is 1.74. The zero-order chi connectivity index (χ0) is 16.2. The zero-order valence-corrected chi connectivity index (χ0v) is 13.5. The molecule has 0 bridgehead atoms. The van der Waals surface area contributed by atoms with Crippen molar-refractivity contribution >= 4 is 16.0 Å². The molecule has 0 radical (unpaired) electrons. The molecule has 21 heavy (non-hydrogen) atoms. The molecule has 0 atom stereocenters. The molecule has 0 unspecified atom stereocenters. The first-order valence-electron chi connectivity index (χ1n) is 6.58. The Morgan fingerprint density at radius 1 is 1.38 bits per heavy atom. The third-order valence-corrected chi connectivity index (χ3v) is 5.06. The predicted molar refractivity (Wildman–Crippen MR) is 79.0 cm³/mol. The molecule has 0 heterocycles. The summed E-state index contributed by atoms with van der Waals surface area (Å²) in [7, 11) is -2.28. The summed E-state index contributed by atoms with van der Waals surface area (Å²) in [5.74, 6) is -1.14. The molecule has 118 valence electrons. The van der Waals surface area contributed by atoms with E-state index in [1.807, 2.05) is 13.8 Å². The second-order valence-corrected chi connectivity index (χ2v) is 6.99. The van der Waals surface area contributed by atoms with Crippen molar-refractivity contribution in [1.29, 1.82) is 0 Å². The zero-order valence-electron chi connectivity index (χ0n) is 12.7. The number of hydrogen-bond acceptors (Lipinski definition) is 4. The number of hydrogen-bond donors (Lipinski definition) is 1. The van der Waals surface area contributed by atoms with Crippen LogP contribution in [0, 0.1) is 6.92 Å². The monoisotopic (exact) mass is 315 g/mol. The molecule has 0 aromatic heterocycles. The number of carbonyl (C=O) groups is 1. The number of rotatable bonds is 7. The van der Waals surface area contributed by atoms with E-state index in [1.165, 1.54) is 36.5 Å². The number of sulfonamides is 1. The first-order chi connectivity index (χ1) is 9.67. The van der Waals surface area contributed by atoms with Crippen LogP contribution >= 0.6 is 0 Å². The van der Waals surface area contributed by atoms with Gasteiger partial charge in [-0.2, -0.15) is 4.31 Å². The Morgan fingerprint density at radius 3 is 2.52 bits per heavy atom. The standard InChI is InChI=1S/C14H21NO5S/c1-10(2)20-9-8-15(4)21(18,19)13-7-5-6-12(11(13)3)14(16)17/h5-7,10H,8-9H2,1-4H3,(H,16,17). The first-order valence-corrected chi connectivity index (χ1v) is 8.02. The summed E-state index contributed by atoms with van der Waals surface area (Å²) >= 11 is 0. The quantitative estimate of drug-likeness (QED) is 0.828. The minimum Gasteiger partial charge on any atom is -0.478 e. The van der Waals surface area contributed by atoms with E-state index in [4.69, 9.17) is 9.84 Å². The molecule has 1 aromatic rings. The Bertz CT molecular complexity index is 610. The van der Waals surface area contributed by atoms with Gasteiger partial charge < -0.3 is 9.84 Å². The van der Waals surface area contributed by atoms with E-state index >= 15 is 0 Å². The Kier molecular flexibility index (Phi) is 5.88. The Hall–Kier alpha value is -1.44. The maximum absolute atomic E-state index is 12.5. The molecule has 1 aromatic carbocycles. The van der Waals surface area contributed by atoms with Gasteiger partial charge in [0.15, 0.2) is 0 Å². The van der Waals surface area contributed by atoms with Gasteiger partial charge in [0.05, 0.1) is 23.2 Å². The molecular formula is C14H21NO5S. The van der Waals surface area contributed by atoms with Gasteiger partial charge in [-0.3, -0.25) is 0 Å². The maximum atomic E-state index is 12.5. The van der Waals surface area contributed by atoms with Crippen LogP contribution in [-0.4, -0.2) is 50.1 Å². The summed E-state index contributed by atoms with van der Waals surface area (Å²) in [6, 6.07) is 4.23. The van der Waals surface area contributed by atoms with Crippen LogP contribution in [-0.2, 0) is 14.8 Å². The summed E-state index contributed by atoms with van der Waals surface area (Å²) < 4.78 is 31.5. The second-order valence-electron chi connectivity index (χ2n) is 4.98. The lowest BCUT2D eigenvalue weighted by molar-refractivity contribution is 0.0695. The van der Waals surface area contributed by atoms with Gasteiger partial charge in [-0.05, 0) is 38.5 Å². The average Bonchev–Trinajstić information content (AvgIpc) is 2.37. The van der Waals surface area contributed by atoms with Gasteiger partial charge in [0.2, 0.25) is 10.0 Å². The van der Waals surface area contributed by atoms with Gasteiger partial charge in [0, 0.05) is 13.6 Å². The normalized spacial score (nSPS) is 12.1. The van der Waals surface area contributed by atoms with E-state index in [-0.39, 0.29) is 35.3 Å². The fraction of sp³-hybridized carbons (Fsp3) is 0.500. The third-order valence-electron chi connectivity index (χ3n) is 3.06. The number of benzene rings is 1. The van der Waals surface area contributed by atoms with Crippen LogP contribution in [0.1, 0.15) is 29.8 Å². The van der Waals surface area contributed by atoms with E-state index < -0.39 is 16.0 Å². The largest absolute Gasteiger partial charge is 0.478 e. The smallest absolute Gasteiger partial charge is 0.335 e. The van der Waals surface area contributed by atoms with Crippen molar-refractivity contribution in [2.45, 2.75) is 31.8 Å². The second kappa shape index (κ2) is 7.02. The highest BCUT2D eigenvalue weighted by Gasteiger charge is 2.24. The maximum Gasteiger partial charge on any atom is 0.335 e. The molecule has 1 N–H and O–H groups in total. The molecule has 0 saturated carbocycles. The Labute approximate surface area is 125 Å². The summed E-state index contributed by atoms with van der Waals surface area (Å²) in [6.07, 6.45) is 0.0261. The third kappa shape index (κ3) is 4.26. The fourth-order valence-corrected chi connectivity index (χ4v) is 3.23. The molecule has 0 aliphatic heterocycles. The van der Waals surface area contributed by atoms with E-state index in [2.05, 4.69) is 0 Å². The Balaban J connectivity index is 3.03. The van der Waals surface area contributed by atoms with Crippen LogP contribution in [0.2, 0.25) is 0 Å². The van der Waals surface area contributed by atoms with Crippen molar-refractivity contribution in [2.24, 2.45) is 0 Å². The van der Waals surface area contributed by atoms with Gasteiger partial charge in [0.25, 0.3) is 0 Å². The highest BCUT2D eigenvalue weighted by molar-refractivity contribution is 7.89. The molecule has 0 saturated heterocycles. The molecule has 0 fully saturated rings. The van der Waals surface area contributed by atoms with Crippen molar-refractivity contribution in [3.63, 3.8) is 0 Å². The van der Waals surface area contributed by atoms with Crippen LogP contribution in [0.3, 0.4) is 0 Å². The van der Waals surface area contributed by atoms with Gasteiger partial charge in [0.1, 0.15) is 0 Å². The van der Waals surface area contributed by atoms with E-state index in [0.29, 0.717) is 0 Å². The van der Waals surface area contributed by atoms with Crippen molar-refractivity contribution in [2.75, 3.05) is 20.2 Å². The van der Waals surface area contributed by atoms with Crippen LogP contribution in [0.25, 0.3) is 0 Å². The van der Waals surface area contributed by atoms with Crippen molar-refractivity contribution in [3.8, 4) is 0 Å². The lowest BCUT2D eigenvalue weighted by atomic mass is 10.1. The minimum atomic E-state index is -3.73. The number of carboxylic acids is 1. The fourth-order valence-electron chi connectivity index (χ4n) is 1.83. The summed E-state index contributed by atoms with van der Waals surface area (Å²) in [6.45, 7) is 5.72. The molecule has 0 spiro atoms. The average molecular weight is 315 g/mol. The van der Waals surface area contributed by atoms with Crippen LogP contribution < -0.4 is 0 Å². The molecular weight excluding hydrogens is 294 g/mol. The molecule has 6 nitrogen and oxygen atoms in total. The minimum absolute atomic E-state index is 0.00875. The molecule has 0 aliphatic rings. The molecule has 0 amide bonds. The topological polar surface area (TPSA) is 83.9 Å². The van der Waals surface area contributed by atoms with Gasteiger partial charge in [-0.25, -0.2) is 13.2 Å². The Morgan fingerprint density at radius 2 is 2.00 bits per heavy atom. The van der Waals surface area contributed by atoms with Crippen molar-refractivity contribution in [1.82, 2.24) is 4.31 Å². The van der Waals surface area contributed by atoms with E-state index in [1.54, 1.807) is 0 Å². The number of ether oxygens (including phenoxy) is 1. The van der Waals surface area contributed by atoms with Gasteiger partial charge in [-0.1, -0.05) is 6.07 Å². The highest BCUT2D eigenvalue weighted by atomic mass is 32.2. The van der Waals surface area contributed by atoms with E-state index in [0.717, 1.165) is 0 Å². The number of carboxylic acid groups (broad SMARTS) is 1. The number of likely N-dealkylation sites (N-methyl/N-ethyl adjacent to an activating group) is 1. The van der Waals surface area contributed by atoms with Gasteiger partial charge in [-0.15, -0.1) is 0 Å². The molecule has 0 aliphatic carbocycles. The number of nitrogens with zero attached hydrogens (tertiary/aromatic N) is 1. The highest BCUT2D eigenvalue weighted by Crippen LogP contribution is 2.21. The van der Waals surface area contributed by atoms with Crippen molar-refractivity contribution < 1.29 is 23.1 Å². The molecule has 7 heteroatoms. The van der Waals surface area contributed by atoms with Gasteiger partial charge >= 0.3 is 5.97 Å². The van der Waals surface area contributed by atoms with Crippen molar-refractivity contribution in [3.05, 3.63) is 29.3 Å². The number of aromatic carboxylic acids is 1. The summed E-state index contributed by atoms with van der Waals surface area (Å²) in [5, 5.41) is 9.07. The van der Waals surface area contributed by atoms with Crippen LogP contribution in [0.5, 0.6) is 0 Å².